The highest BCUT2D eigenvalue weighted by atomic mass is 16.7. The molecule has 0 bridgehead atoms. The Hall–Kier alpha value is -3.13. The van der Waals surface area contributed by atoms with E-state index in [1.54, 1.807) is 26.4 Å². The van der Waals surface area contributed by atoms with Crippen molar-refractivity contribution in [3.05, 3.63) is 41.0 Å². The second-order valence-corrected chi connectivity index (χ2v) is 7.50. The highest BCUT2D eigenvalue weighted by Crippen LogP contribution is 2.56. The van der Waals surface area contributed by atoms with Crippen LogP contribution >= 0.6 is 0 Å². The number of aliphatic hydroxyl groups is 1. The smallest absolute Gasteiger partial charge is 0.310 e. The van der Waals surface area contributed by atoms with Gasteiger partial charge >= 0.3 is 5.97 Å². The van der Waals surface area contributed by atoms with Gasteiger partial charge in [0.2, 0.25) is 12.5 Å². The minimum atomic E-state index is -0.853. The fraction of sp³-hybridized carbons (Fsp3) is 0.409. The maximum atomic E-state index is 12.8. The third-order valence-corrected chi connectivity index (χ3v) is 6.22. The molecule has 0 unspecified atom stereocenters. The van der Waals surface area contributed by atoms with E-state index in [-0.39, 0.29) is 25.3 Å². The number of rotatable bonds is 4. The molecule has 2 aromatic carbocycles. The van der Waals surface area contributed by atoms with E-state index < -0.39 is 17.9 Å². The number of methoxy groups -OCH3 is 3. The molecule has 0 amide bonds. The Morgan fingerprint density at radius 3 is 2.27 bits per heavy atom. The largest absolute Gasteiger partial charge is 0.493 e. The van der Waals surface area contributed by atoms with E-state index in [2.05, 4.69) is 0 Å². The number of benzene rings is 2. The molecule has 3 aliphatic rings. The molecule has 158 valence electrons. The van der Waals surface area contributed by atoms with E-state index in [0.29, 0.717) is 34.3 Å². The van der Waals surface area contributed by atoms with Crippen molar-refractivity contribution < 1.29 is 38.3 Å². The van der Waals surface area contributed by atoms with Crippen molar-refractivity contribution in [3.8, 4) is 28.7 Å². The Balaban J connectivity index is 1.77. The highest BCUT2D eigenvalue weighted by molar-refractivity contribution is 5.79. The van der Waals surface area contributed by atoms with Crippen LogP contribution in [0.3, 0.4) is 0 Å². The number of esters is 1. The Bertz CT molecular complexity index is 1020. The maximum absolute atomic E-state index is 12.8. The van der Waals surface area contributed by atoms with Crippen molar-refractivity contribution >= 4 is 5.97 Å². The van der Waals surface area contributed by atoms with Gasteiger partial charge < -0.3 is 33.5 Å². The number of aliphatic hydroxyl groups excluding tert-OH is 1. The summed E-state index contributed by atoms with van der Waals surface area (Å²) in [4.78, 5) is 12.8. The molecule has 1 fully saturated rings. The SMILES string of the molecule is COc1ccc([C@@H]2c3cc4c(cc3[C@@H](O)[C@H]3COC(=O)[C@@H]23)OCO4)c(OC)c1OC. The van der Waals surface area contributed by atoms with Crippen molar-refractivity contribution in [1.29, 1.82) is 0 Å². The molecule has 1 N–H and O–H groups in total. The fourth-order valence-corrected chi connectivity index (χ4v) is 4.88. The lowest BCUT2D eigenvalue weighted by Crippen LogP contribution is -2.34. The van der Waals surface area contributed by atoms with E-state index in [1.807, 2.05) is 12.1 Å². The van der Waals surface area contributed by atoms with Crippen LogP contribution < -0.4 is 23.7 Å². The molecule has 5 rings (SSSR count). The summed E-state index contributed by atoms with van der Waals surface area (Å²) in [6.45, 7) is 0.276. The van der Waals surface area contributed by atoms with Crippen molar-refractivity contribution in [1.82, 2.24) is 0 Å². The third kappa shape index (κ3) is 2.53. The van der Waals surface area contributed by atoms with Crippen LogP contribution in [-0.2, 0) is 9.53 Å². The van der Waals surface area contributed by atoms with Gasteiger partial charge in [-0.25, -0.2) is 0 Å². The van der Waals surface area contributed by atoms with Gasteiger partial charge in [-0.2, -0.15) is 0 Å². The van der Waals surface area contributed by atoms with Gasteiger partial charge in [-0.05, 0) is 29.3 Å². The molecule has 30 heavy (non-hydrogen) atoms. The first kappa shape index (κ1) is 18.9. The van der Waals surface area contributed by atoms with Crippen LogP contribution in [-0.4, -0.2) is 45.8 Å². The second-order valence-electron chi connectivity index (χ2n) is 7.50. The van der Waals surface area contributed by atoms with E-state index >= 15 is 0 Å². The summed E-state index contributed by atoms with van der Waals surface area (Å²) >= 11 is 0. The van der Waals surface area contributed by atoms with Crippen molar-refractivity contribution in [2.45, 2.75) is 12.0 Å². The van der Waals surface area contributed by atoms with Crippen molar-refractivity contribution in [3.63, 3.8) is 0 Å². The Morgan fingerprint density at radius 2 is 1.60 bits per heavy atom. The molecule has 2 heterocycles. The number of carbonyl (C=O) groups excluding carboxylic acids is 1. The zero-order valence-corrected chi connectivity index (χ0v) is 16.8. The number of cyclic esters (lactones) is 1. The number of ether oxygens (including phenoxy) is 6. The summed E-state index contributed by atoms with van der Waals surface area (Å²) in [5.41, 5.74) is 2.22. The average Bonchev–Trinajstić information content (AvgIpc) is 3.38. The molecule has 8 nitrogen and oxygen atoms in total. The van der Waals surface area contributed by atoms with Gasteiger partial charge in [0.05, 0.1) is 40.0 Å². The summed E-state index contributed by atoms with van der Waals surface area (Å²) < 4.78 is 33.1. The molecule has 0 saturated carbocycles. The van der Waals surface area contributed by atoms with Crippen LogP contribution in [0.4, 0.5) is 0 Å². The number of hydrogen-bond donors (Lipinski definition) is 1. The Morgan fingerprint density at radius 1 is 0.900 bits per heavy atom. The third-order valence-electron chi connectivity index (χ3n) is 6.22. The van der Waals surface area contributed by atoms with Gasteiger partial charge in [-0.3, -0.25) is 4.79 Å². The molecule has 0 spiro atoms. The summed E-state index contributed by atoms with van der Waals surface area (Å²) in [5, 5.41) is 11.1. The average molecular weight is 414 g/mol. The number of fused-ring (bicyclic) bond motifs is 3. The van der Waals surface area contributed by atoms with Crippen LogP contribution in [0.2, 0.25) is 0 Å². The van der Waals surface area contributed by atoms with Crippen molar-refractivity contribution in [2.75, 3.05) is 34.7 Å². The summed E-state index contributed by atoms with van der Waals surface area (Å²) in [6.07, 6.45) is -0.853. The first-order chi connectivity index (χ1) is 14.6. The zero-order chi connectivity index (χ0) is 21.0. The molecule has 0 aromatic heterocycles. The molecule has 2 aromatic rings. The lowest BCUT2D eigenvalue weighted by molar-refractivity contribution is -0.141. The summed E-state index contributed by atoms with van der Waals surface area (Å²) in [5.74, 6) is 0.870. The normalized spacial score (nSPS) is 25.9. The van der Waals surface area contributed by atoms with Crippen LogP contribution in [0.25, 0.3) is 0 Å². The van der Waals surface area contributed by atoms with Gasteiger partial charge in [0.15, 0.2) is 23.0 Å². The highest BCUT2D eigenvalue weighted by Gasteiger charge is 2.53. The van der Waals surface area contributed by atoms with Gasteiger partial charge in [0.25, 0.3) is 0 Å². The summed E-state index contributed by atoms with van der Waals surface area (Å²) in [6, 6.07) is 7.27. The minimum absolute atomic E-state index is 0.119. The summed E-state index contributed by atoms with van der Waals surface area (Å²) in [7, 11) is 4.63. The zero-order valence-electron chi connectivity index (χ0n) is 16.8. The molecular weight excluding hydrogens is 392 g/mol. The molecule has 4 atom stereocenters. The predicted molar refractivity (Wildman–Crippen MR) is 103 cm³/mol. The van der Waals surface area contributed by atoms with Crippen LogP contribution in [0.1, 0.15) is 28.7 Å². The molecule has 8 heteroatoms. The maximum Gasteiger partial charge on any atom is 0.310 e. The Kier molecular flexibility index (Phi) is 4.39. The Labute approximate surface area is 173 Å². The lowest BCUT2D eigenvalue weighted by atomic mass is 9.66. The van der Waals surface area contributed by atoms with Crippen LogP contribution in [0.15, 0.2) is 24.3 Å². The first-order valence-electron chi connectivity index (χ1n) is 9.66. The molecule has 1 aliphatic carbocycles. The first-order valence-corrected chi connectivity index (χ1v) is 9.66. The van der Waals surface area contributed by atoms with Crippen LogP contribution in [0.5, 0.6) is 28.7 Å². The van der Waals surface area contributed by atoms with Crippen molar-refractivity contribution in [2.24, 2.45) is 11.8 Å². The van der Waals surface area contributed by atoms with Gasteiger partial charge in [0.1, 0.15) is 0 Å². The second kappa shape index (κ2) is 6.98. The predicted octanol–water partition coefficient (Wildman–Crippen LogP) is 2.41. The van der Waals surface area contributed by atoms with E-state index in [4.69, 9.17) is 28.4 Å². The van der Waals surface area contributed by atoms with E-state index in [9.17, 15) is 9.90 Å². The number of carbonyl (C=O) groups is 1. The van der Waals surface area contributed by atoms with E-state index in [0.717, 1.165) is 11.1 Å². The molecular formula is C22H22O8. The lowest BCUT2D eigenvalue weighted by Gasteiger charge is -2.37. The standard InChI is InChI=1S/C22H22O8/c1-25-14-5-4-10(20(26-2)21(14)27-3)17-11-6-15-16(30-9-29-15)7-12(11)19(23)13-8-28-22(24)18(13)17/h4-7,13,17-19,23H,8-9H2,1-3H3/t13-,17+,18+,19+/m0/s1. The monoisotopic (exact) mass is 414 g/mol. The van der Waals surface area contributed by atoms with E-state index in [1.165, 1.54) is 7.11 Å². The number of hydrogen-bond acceptors (Lipinski definition) is 8. The quantitative estimate of drug-likeness (QED) is 0.763. The molecule has 2 aliphatic heterocycles. The minimum Gasteiger partial charge on any atom is -0.493 e. The fourth-order valence-electron chi connectivity index (χ4n) is 4.88. The topological polar surface area (TPSA) is 92.7 Å². The van der Waals surface area contributed by atoms with Gasteiger partial charge in [0, 0.05) is 17.4 Å². The molecule has 0 radical (unpaired) electrons. The van der Waals surface area contributed by atoms with Gasteiger partial charge in [-0.15, -0.1) is 0 Å². The van der Waals surface area contributed by atoms with Gasteiger partial charge in [-0.1, -0.05) is 6.07 Å². The molecule has 1 saturated heterocycles. The van der Waals surface area contributed by atoms with Crippen LogP contribution in [0, 0.1) is 11.8 Å².